The molecule has 0 aliphatic rings. The van der Waals surface area contributed by atoms with Crippen molar-refractivity contribution in [3.8, 4) is 0 Å². The van der Waals surface area contributed by atoms with Crippen LogP contribution >= 0.6 is 0 Å². The first-order valence-corrected chi connectivity index (χ1v) is 7.57. The molecule has 0 unspecified atom stereocenters. The average molecular weight is 284 g/mol. The summed E-state index contributed by atoms with van der Waals surface area (Å²) in [5.41, 5.74) is 0. The van der Waals surface area contributed by atoms with Crippen molar-refractivity contribution < 1.29 is 19.1 Å². The number of esters is 2. The van der Waals surface area contributed by atoms with E-state index in [4.69, 9.17) is 9.47 Å². The Morgan fingerprint density at radius 2 is 1.45 bits per heavy atom. The van der Waals surface area contributed by atoms with Gasteiger partial charge in [0, 0.05) is 12.2 Å². The van der Waals surface area contributed by atoms with Crippen LogP contribution in [0.15, 0.2) is 12.2 Å². The lowest BCUT2D eigenvalue weighted by molar-refractivity contribution is -0.141. The van der Waals surface area contributed by atoms with Crippen LogP contribution in [0.5, 0.6) is 0 Å². The second-order valence-electron chi connectivity index (χ2n) is 5.29. The Morgan fingerprint density at radius 1 is 0.900 bits per heavy atom. The zero-order valence-electron chi connectivity index (χ0n) is 13.0. The first-order chi connectivity index (χ1) is 9.56. The van der Waals surface area contributed by atoms with E-state index in [0.29, 0.717) is 13.2 Å². The topological polar surface area (TPSA) is 52.6 Å². The van der Waals surface area contributed by atoms with Gasteiger partial charge >= 0.3 is 11.9 Å². The molecule has 0 spiro atoms. The molecule has 0 N–H and O–H groups in total. The van der Waals surface area contributed by atoms with Gasteiger partial charge in [-0.1, -0.05) is 52.9 Å². The van der Waals surface area contributed by atoms with Gasteiger partial charge in [0.1, 0.15) is 0 Å². The van der Waals surface area contributed by atoms with Gasteiger partial charge in [0.2, 0.25) is 0 Å². The number of hydrogen-bond acceptors (Lipinski definition) is 4. The van der Waals surface area contributed by atoms with Crippen LogP contribution in [0.4, 0.5) is 0 Å². The van der Waals surface area contributed by atoms with Crippen molar-refractivity contribution >= 4 is 11.9 Å². The van der Waals surface area contributed by atoms with Crippen LogP contribution in [0.25, 0.3) is 0 Å². The molecule has 116 valence electrons. The summed E-state index contributed by atoms with van der Waals surface area (Å²) >= 11 is 0. The van der Waals surface area contributed by atoms with Crippen LogP contribution in [0.1, 0.15) is 59.3 Å². The Hall–Kier alpha value is -1.32. The molecule has 0 heterocycles. The van der Waals surface area contributed by atoms with Gasteiger partial charge in [0.25, 0.3) is 0 Å². The summed E-state index contributed by atoms with van der Waals surface area (Å²) in [5, 5.41) is 0. The molecular formula is C16H28O4. The molecule has 4 nitrogen and oxygen atoms in total. The Kier molecular flexibility index (Phi) is 11.9. The quantitative estimate of drug-likeness (QED) is 0.330. The lowest BCUT2D eigenvalue weighted by Crippen LogP contribution is -2.08. The van der Waals surface area contributed by atoms with Crippen LogP contribution in [-0.2, 0) is 19.1 Å². The van der Waals surface area contributed by atoms with E-state index in [1.54, 1.807) is 0 Å². The molecule has 0 rings (SSSR count). The molecule has 0 saturated carbocycles. The lowest BCUT2D eigenvalue weighted by Gasteiger charge is -2.04. The number of ether oxygens (including phenoxy) is 2. The summed E-state index contributed by atoms with van der Waals surface area (Å²) in [6.45, 7) is 6.85. The fourth-order valence-electron chi connectivity index (χ4n) is 1.54. The maximum Gasteiger partial charge on any atom is 0.331 e. The van der Waals surface area contributed by atoms with Crippen LogP contribution in [-0.4, -0.2) is 25.2 Å². The molecule has 0 aromatic rings. The number of carbonyl (C=O) groups is 2. The van der Waals surface area contributed by atoms with Crippen molar-refractivity contribution in [1.29, 1.82) is 0 Å². The predicted molar refractivity (Wildman–Crippen MR) is 79.3 cm³/mol. The van der Waals surface area contributed by atoms with Gasteiger partial charge in [0.15, 0.2) is 0 Å². The minimum Gasteiger partial charge on any atom is -0.463 e. The maximum atomic E-state index is 11.3. The molecule has 0 bridgehead atoms. The summed E-state index contributed by atoms with van der Waals surface area (Å²) in [5.74, 6) is -0.706. The van der Waals surface area contributed by atoms with Gasteiger partial charge < -0.3 is 9.47 Å². The van der Waals surface area contributed by atoms with E-state index in [1.165, 1.54) is 25.7 Å². The molecule has 0 aliphatic heterocycles. The van der Waals surface area contributed by atoms with E-state index in [9.17, 15) is 9.59 Å². The molecular weight excluding hydrogens is 256 g/mol. The fraction of sp³-hybridized carbons (Fsp3) is 0.750. The van der Waals surface area contributed by atoms with Crippen molar-refractivity contribution in [3.05, 3.63) is 12.2 Å². The van der Waals surface area contributed by atoms with E-state index >= 15 is 0 Å². The lowest BCUT2D eigenvalue weighted by atomic mass is 10.1. The largest absolute Gasteiger partial charge is 0.463 e. The summed E-state index contributed by atoms with van der Waals surface area (Å²) in [6.07, 6.45) is 9.11. The SMILES string of the molecule is CCCCCCCCOC(=O)/C=C/C(=O)OCC(C)C. The van der Waals surface area contributed by atoms with Gasteiger partial charge in [0.05, 0.1) is 13.2 Å². The molecule has 0 aliphatic carbocycles. The number of carbonyl (C=O) groups excluding carboxylic acids is 2. The third-order valence-corrected chi connectivity index (χ3v) is 2.66. The Morgan fingerprint density at radius 3 is 2.05 bits per heavy atom. The first kappa shape index (κ1) is 18.7. The van der Waals surface area contributed by atoms with E-state index < -0.39 is 11.9 Å². The van der Waals surface area contributed by atoms with E-state index in [2.05, 4.69) is 6.92 Å². The minimum absolute atomic E-state index is 0.284. The van der Waals surface area contributed by atoms with E-state index in [-0.39, 0.29) is 5.92 Å². The summed E-state index contributed by atoms with van der Waals surface area (Å²) in [4.78, 5) is 22.5. The van der Waals surface area contributed by atoms with Gasteiger partial charge in [-0.05, 0) is 12.3 Å². The molecule has 0 aromatic heterocycles. The number of rotatable bonds is 11. The summed E-state index contributed by atoms with van der Waals surface area (Å²) < 4.78 is 9.89. The molecule has 0 atom stereocenters. The maximum absolute atomic E-state index is 11.3. The van der Waals surface area contributed by atoms with Gasteiger partial charge in [-0.25, -0.2) is 9.59 Å². The van der Waals surface area contributed by atoms with Gasteiger partial charge in [-0.15, -0.1) is 0 Å². The van der Waals surface area contributed by atoms with Gasteiger partial charge in [-0.2, -0.15) is 0 Å². The standard InChI is InChI=1S/C16H28O4/c1-4-5-6-7-8-9-12-19-15(17)10-11-16(18)20-13-14(2)3/h10-11,14H,4-9,12-13H2,1-3H3/b11-10+. The third kappa shape index (κ3) is 13.1. The smallest absolute Gasteiger partial charge is 0.331 e. The highest BCUT2D eigenvalue weighted by molar-refractivity contribution is 5.91. The Bertz CT molecular complexity index is 295. The minimum atomic E-state index is -0.504. The second kappa shape index (κ2) is 12.7. The zero-order valence-corrected chi connectivity index (χ0v) is 13.0. The molecule has 0 fully saturated rings. The Labute approximate surface area is 122 Å². The van der Waals surface area contributed by atoms with Gasteiger partial charge in [-0.3, -0.25) is 0 Å². The molecule has 0 radical (unpaired) electrons. The van der Waals surface area contributed by atoms with Crippen LogP contribution < -0.4 is 0 Å². The Balaban J connectivity index is 3.55. The summed E-state index contributed by atoms with van der Waals surface area (Å²) in [7, 11) is 0. The fourth-order valence-corrected chi connectivity index (χ4v) is 1.54. The van der Waals surface area contributed by atoms with Crippen molar-refractivity contribution in [2.75, 3.05) is 13.2 Å². The highest BCUT2D eigenvalue weighted by Crippen LogP contribution is 2.05. The van der Waals surface area contributed by atoms with Crippen molar-refractivity contribution in [2.24, 2.45) is 5.92 Å². The highest BCUT2D eigenvalue weighted by Gasteiger charge is 2.02. The second-order valence-corrected chi connectivity index (χ2v) is 5.29. The monoisotopic (exact) mass is 284 g/mol. The van der Waals surface area contributed by atoms with Crippen molar-refractivity contribution in [2.45, 2.75) is 59.3 Å². The molecule has 0 saturated heterocycles. The van der Waals surface area contributed by atoms with Crippen LogP contribution in [0.2, 0.25) is 0 Å². The normalized spacial score (nSPS) is 11.0. The van der Waals surface area contributed by atoms with Crippen LogP contribution in [0, 0.1) is 5.92 Å². The molecule has 20 heavy (non-hydrogen) atoms. The average Bonchev–Trinajstić information content (AvgIpc) is 2.41. The highest BCUT2D eigenvalue weighted by atomic mass is 16.5. The van der Waals surface area contributed by atoms with E-state index in [1.807, 2.05) is 13.8 Å². The molecule has 0 aromatic carbocycles. The van der Waals surface area contributed by atoms with Crippen molar-refractivity contribution in [1.82, 2.24) is 0 Å². The zero-order chi connectivity index (χ0) is 15.2. The van der Waals surface area contributed by atoms with Crippen molar-refractivity contribution in [3.63, 3.8) is 0 Å². The molecule has 4 heteroatoms. The number of hydrogen-bond donors (Lipinski definition) is 0. The first-order valence-electron chi connectivity index (χ1n) is 7.57. The van der Waals surface area contributed by atoms with E-state index in [0.717, 1.165) is 25.0 Å². The number of unbranched alkanes of at least 4 members (excludes halogenated alkanes) is 5. The van der Waals surface area contributed by atoms with Crippen LogP contribution in [0.3, 0.4) is 0 Å². The predicted octanol–water partition coefficient (Wildman–Crippen LogP) is 3.65. The molecule has 0 amide bonds. The summed E-state index contributed by atoms with van der Waals surface area (Å²) in [6, 6.07) is 0. The third-order valence-electron chi connectivity index (χ3n) is 2.66.